The van der Waals surface area contributed by atoms with E-state index < -0.39 is 19.2 Å². The summed E-state index contributed by atoms with van der Waals surface area (Å²) in [7, 11) is 0. The number of para-hydroxylation sites is 3. The minimum Gasteiger partial charge on any atom is 0 e. The number of nitrogens with zero attached hydrogens (tertiary/aromatic N) is 3. The average Bonchev–Trinajstić information content (AvgIpc) is 3.85. The van der Waals surface area contributed by atoms with E-state index in [2.05, 4.69) is 189 Å². The number of aromatic nitrogens is 3. The van der Waals surface area contributed by atoms with Gasteiger partial charge in [-0.3, -0.25) is 4.98 Å². The number of hydrogen-bond donors (Lipinski definition) is 0. The molecule has 0 saturated heterocycles. The van der Waals surface area contributed by atoms with Crippen molar-refractivity contribution in [1.82, 2.24) is 14.5 Å². The Bertz CT molecular complexity index is 3310. The second kappa shape index (κ2) is 17.7. The van der Waals surface area contributed by atoms with Gasteiger partial charge in [0, 0.05) is 36.6 Å². The van der Waals surface area contributed by atoms with Gasteiger partial charge in [-0.2, -0.15) is 0 Å². The molecule has 0 aliphatic heterocycles. The number of pyridine rings is 1. The molecule has 0 spiro atoms. The van der Waals surface area contributed by atoms with Gasteiger partial charge >= 0.3 is 127 Å². The fourth-order valence-electron chi connectivity index (χ4n) is 8.92. The fraction of sp³-hybridized carbons (Fsp3) is 0.228. The van der Waals surface area contributed by atoms with Crippen LogP contribution in [0.15, 0.2) is 138 Å². The summed E-state index contributed by atoms with van der Waals surface area (Å²) >= 11 is -2.04. The summed E-state index contributed by atoms with van der Waals surface area (Å²) in [5.41, 5.74) is 12.7. The van der Waals surface area contributed by atoms with Crippen LogP contribution >= 0.6 is 0 Å². The Balaban J connectivity index is 0.000000216. The maximum absolute atomic E-state index is 8.48. The third kappa shape index (κ3) is 8.21. The summed E-state index contributed by atoms with van der Waals surface area (Å²) in [5, 5.41) is 6.97. The van der Waals surface area contributed by atoms with Crippen molar-refractivity contribution in [2.45, 2.75) is 83.5 Å². The van der Waals surface area contributed by atoms with Gasteiger partial charge in [-0.1, -0.05) is 118 Å². The number of rotatable bonds is 7. The first-order chi connectivity index (χ1) is 30.1. The average molecular weight is 1060 g/mol. The van der Waals surface area contributed by atoms with Crippen LogP contribution in [0.4, 0.5) is 0 Å². The number of fused-ring (bicyclic) bond motifs is 8. The summed E-state index contributed by atoms with van der Waals surface area (Å²) in [6.07, 6.45) is 2.01. The molecule has 0 aliphatic rings. The minimum absolute atomic E-state index is 0. The molecule has 4 nitrogen and oxygen atoms in total. The van der Waals surface area contributed by atoms with Crippen molar-refractivity contribution in [3.8, 4) is 28.3 Å². The van der Waals surface area contributed by atoms with Crippen molar-refractivity contribution in [2.24, 2.45) is 0 Å². The molecule has 0 bridgehead atoms. The maximum Gasteiger partial charge on any atom is 0 e. The molecule has 0 atom stereocenters. The van der Waals surface area contributed by atoms with Crippen LogP contribution in [0.3, 0.4) is 0 Å². The fourth-order valence-corrected chi connectivity index (χ4v) is 12.2. The van der Waals surface area contributed by atoms with Gasteiger partial charge < -0.3 is 8.98 Å². The van der Waals surface area contributed by atoms with Crippen LogP contribution in [0, 0.1) is 19.1 Å². The summed E-state index contributed by atoms with van der Waals surface area (Å²) in [5.74, 6) is 8.00. The summed E-state index contributed by atoms with van der Waals surface area (Å²) in [6, 6.07) is 51.7. The monoisotopic (exact) mass is 1070 g/mol. The second-order valence-electron chi connectivity index (χ2n) is 18.5. The Morgan fingerprint density at radius 1 is 0.667 bits per heavy atom. The first-order valence-corrected chi connectivity index (χ1v) is 29.2. The second-order valence-corrected chi connectivity index (χ2v) is 29.1. The van der Waals surface area contributed by atoms with Crippen LogP contribution in [-0.4, -0.2) is 27.8 Å². The van der Waals surface area contributed by atoms with Crippen LogP contribution in [0.25, 0.3) is 82.8 Å². The molecule has 0 fully saturated rings. The molecule has 3 aromatic heterocycles. The molecule has 319 valence electrons. The van der Waals surface area contributed by atoms with E-state index in [1.807, 2.05) is 32.2 Å². The van der Waals surface area contributed by atoms with Crippen LogP contribution in [0.1, 0.15) is 82.9 Å². The smallest absolute Gasteiger partial charge is 0 e. The summed E-state index contributed by atoms with van der Waals surface area (Å²) < 4.78 is 19.0. The molecular formula is C57H55GeIrN3O-2. The van der Waals surface area contributed by atoms with Crippen LogP contribution in [0.5, 0.6) is 0 Å². The normalized spacial score (nSPS) is 12.3. The molecular weight excluding hydrogens is 1010 g/mol. The molecule has 63 heavy (non-hydrogen) atoms. The number of hydrogen-bond acceptors (Lipinski definition) is 3. The van der Waals surface area contributed by atoms with E-state index in [9.17, 15) is 0 Å². The minimum atomic E-state index is -2.04. The van der Waals surface area contributed by atoms with E-state index in [4.69, 9.17) is 10.8 Å². The largest absolute Gasteiger partial charge is 0 e. The number of aryl methyl sites for hydroxylation is 1. The maximum atomic E-state index is 8.48. The molecule has 10 rings (SSSR count). The predicted octanol–water partition coefficient (Wildman–Crippen LogP) is 15.5. The zero-order valence-electron chi connectivity index (χ0n) is 38.9. The third-order valence-corrected chi connectivity index (χ3v) is 16.4. The molecule has 0 saturated carbocycles. The van der Waals surface area contributed by atoms with Crippen LogP contribution in [-0.2, 0) is 20.1 Å². The predicted molar refractivity (Wildman–Crippen MR) is 266 cm³/mol. The summed E-state index contributed by atoms with van der Waals surface area (Å²) in [6.45, 7) is 15.0. The Hall–Kier alpha value is -5.33. The number of imidazole rings is 1. The molecule has 1 radical (unpaired) electrons. The topological polar surface area (TPSA) is 43.9 Å². The quantitative estimate of drug-likeness (QED) is 0.0908. The summed E-state index contributed by atoms with van der Waals surface area (Å²) in [4.78, 5) is 9.91. The Kier molecular flexibility index (Phi) is 12.1. The van der Waals surface area contributed by atoms with E-state index >= 15 is 0 Å². The van der Waals surface area contributed by atoms with E-state index in [1.165, 1.54) is 42.9 Å². The molecule has 0 unspecified atom stereocenters. The van der Waals surface area contributed by atoms with Gasteiger partial charge in [-0.15, -0.1) is 18.2 Å². The molecule has 0 N–H and O–H groups in total. The van der Waals surface area contributed by atoms with Gasteiger partial charge in [0.05, 0.1) is 22.4 Å². The Morgan fingerprint density at radius 3 is 2.03 bits per heavy atom. The van der Waals surface area contributed by atoms with Crippen molar-refractivity contribution in [2.75, 3.05) is 0 Å². The van der Waals surface area contributed by atoms with Crippen molar-refractivity contribution < 1.29 is 25.9 Å². The first kappa shape index (κ1) is 42.9. The zero-order valence-corrected chi connectivity index (χ0v) is 42.4. The molecule has 3 heterocycles. The van der Waals surface area contributed by atoms with Crippen LogP contribution in [0.2, 0.25) is 17.3 Å². The van der Waals surface area contributed by atoms with E-state index in [-0.39, 0.29) is 20.1 Å². The van der Waals surface area contributed by atoms with E-state index in [1.54, 1.807) is 0 Å². The molecule has 0 aliphatic carbocycles. The van der Waals surface area contributed by atoms with Gasteiger partial charge in [0.1, 0.15) is 5.58 Å². The van der Waals surface area contributed by atoms with E-state index in [0.717, 1.165) is 66.6 Å². The SMILES string of the molecule is CC(C)c1cccc(C(C)C)c1-n1c(-c2[c-]ccc3c2oc2c3ccc3c4ccccc4ccc32)nc2ccccc21.[2H]C(C)(C)c1cc(-c2[c-]cc(C)cc2)nc[c]1[Ge]([CH3])([CH3])[CH3].[Ir]. The van der Waals surface area contributed by atoms with Crippen molar-refractivity contribution in [3.63, 3.8) is 0 Å². The Labute approximate surface area is 389 Å². The van der Waals surface area contributed by atoms with Gasteiger partial charge in [-0.25, -0.2) is 0 Å². The number of furan rings is 1. The first-order valence-electron chi connectivity index (χ1n) is 22.4. The van der Waals surface area contributed by atoms with Gasteiger partial charge in [0.15, 0.2) is 0 Å². The third-order valence-electron chi connectivity index (χ3n) is 12.2. The molecule has 10 aromatic rings. The van der Waals surface area contributed by atoms with Crippen molar-refractivity contribution in [3.05, 3.63) is 168 Å². The van der Waals surface area contributed by atoms with Gasteiger partial charge in [0.25, 0.3) is 0 Å². The van der Waals surface area contributed by atoms with Gasteiger partial charge in [-0.05, 0) is 51.3 Å². The van der Waals surface area contributed by atoms with Crippen molar-refractivity contribution >= 4 is 72.2 Å². The Morgan fingerprint density at radius 2 is 1.33 bits per heavy atom. The van der Waals surface area contributed by atoms with Gasteiger partial charge in [0.2, 0.25) is 0 Å². The molecule has 6 heteroatoms. The van der Waals surface area contributed by atoms with Crippen molar-refractivity contribution in [1.29, 1.82) is 0 Å². The van der Waals surface area contributed by atoms with Crippen LogP contribution < -0.4 is 4.40 Å². The zero-order chi connectivity index (χ0) is 44.4. The number of benzene rings is 7. The molecule has 0 amide bonds. The molecule has 7 aromatic carbocycles. The standard InChI is InChI=1S/C39H31N2O.C18H24GeN.Ir/c1-23(2)26-13-9-14-27(24(3)4)36(26)41-35-18-8-7-17-34(35)40-39(41)33-16-10-15-30-32-22-21-29-28-12-6-5-11-25(28)19-20-31(29)37(32)42-38(30)33;1-13(2)16-11-18(15-9-7-14(3)8-10-15)20-12-17(16)19(4,5)6;/h5-15,17-24H,1-4H3;7-9,11-13H,1-6H3;/q2*-1;/i;13D;. The van der Waals surface area contributed by atoms with E-state index in [0.29, 0.717) is 11.8 Å².